The summed E-state index contributed by atoms with van der Waals surface area (Å²) in [5.74, 6) is 0. The molecule has 0 fully saturated rings. The minimum Gasteiger partial charge on any atom is -0.199 e. The Labute approximate surface area is 38.7 Å². The summed E-state index contributed by atoms with van der Waals surface area (Å²) >= 11 is 0. The first kappa shape index (κ1) is 8.92. The molecule has 0 N–H and O–H groups in total. The van der Waals surface area contributed by atoms with Crippen molar-refractivity contribution in [1.82, 2.24) is 0 Å². The molecule has 24 valence electrons. The van der Waals surface area contributed by atoms with Gasteiger partial charge in [-0.2, -0.15) is 5.26 Å². The Hall–Kier alpha value is 0.126. The summed E-state index contributed by atoms with van der Waals surface area (Å²) in [4.78, 5) is 0. The normalized spacial score (nSPS) is 2.00. The van der Waals surface area contributed by atoms with Crippen LogP contribution in [0.4, 0.5) is 0 Å². The van der Waals surface area contributed by atoms with E-state index in [0.717, 1.165) is 0 Å². The SMILES string of the molecule is CC#N.[Os]. The number of nitrogens with zero attached hydrogens (tertiary/aromatic N) is 1. The molecule has 0 amide bonds. The predicted molar refractivity (Wildman–Crippen MR) is 11.3 cm³/mol. The molecular weight excluding hydrogens is 228 g/mol. The Morgan fingerprint density at radius 3 is 1.75 bits per heavy atom. The molecule has 1 nitrogen and oxygen atoms in total. The van der Waals surface area contributed by atoms with E-state index in [9.17, 15) is 0 Å². The molecule has 4 heavy (non-hydrogen) atoms. The minimum atomic E-state index is 0. The first-order chi connectivity index (χ1) is 1.41. The van der Waals surface area contributed by atoms with Gasteiger partial charge >= 0.3 is 0 Å². The standard InChI is InChI=1S/C2H3N.Os/c1-2-3;/h1H3;. The van der Waals surface area contributed by atoms with Crippen LogP contribution in [0, 0.1) is 11.3 Å². The van der Waals surface area contributed by atoms with Crippen LogP contribution >= 0.6 is 0 Å². The van der Waals surface area contributed by atoms with Gasteiger partial charge in [0.25, 0.3) is 0 Å². The molecule has 0 aromatic rings. The zero-order valence-corrected chi connectivity index (χ0v) is 4.84. The van der Waals surface area contributed by atoms with Gasteiger partial charge in [-0.1, -0.05) is 0 Å². The molecule has 0 spiro atoms. The topological polar surface area (TPSA) is 23.8 Å². The third-order valence-corrected chi connectivity index (χ3v) is 0. The zero-order valence-electron chi connectivity index (χ0n) is 2.30. The first-order valence-corrected chi connectivity index (χ1v) is 0.724. The van der Waals surface area contributed by atoms with Crippen LogP contribution in [0.1, 0.15) is 6.92 Å². The van der Waals surface area contributed by atoms with Crippen molar-refractivity contribution < 1.29 is 19.8 Å². The molecule has 0 atom stereocenters. The molecule has 0 saturated carbocycles. The second-order valence-corrected chi connectivity index (χ2v) is 0.224. The van der Waals surface area contributed by atoms with Crippen molar-refractivity contribution in [3.05, 3.63) is 0 Å². The molecule has 0 aliphatic heterocycles. The van der Waals surface area contributed by atoms with Crippen LogP contribution in [0.3, 0.4) is 0 Å². The Kier molecular flexibility index (Phi) is 24.8. The van der Waals surface area contributed by atoms with E-state index >= 15 is 0 Å². The molecule has 0 unspecified atom stereocenters. The minimum absolute atomic E-state index is 0. The molecule has 0 radical (unpaired) electrons. The molecule has 0 aromatic carbocycles. The van der Waals surface area contributed by atoms with Gasteiger partial charge in [0.05, 0.1) is 6.07 Å². The van der Waals surface area contributed by atoms with Gasteiger partial charge in [-0.15, -0.1) is 0 Å². The third-order valence-electron chi connectivity index (χ3n) is 0. The Morgan fingerprint density at radius 1 is 1.75 bits per heavy atom. The van der Waals surface area contributed by atoms with Crippen molar-refractivity contribution in [1.29, 1.82) is 5.26 Å². The average Bonchev–Trinajstić information content (AvgIpc) is 0.918. The molecular formula is C2H3NOs. The summed E-state index contributed by atoms with van der Waals surface area (Å²) < 4.78 is 0. The number of hydrogen-bond acceptors (Lipinski definition) is 1. The van der Waals surface area contributed by atoms with Crippen molar-refractivity contribution >= 4 is 0 Å². The zero-order chi connectivity index (χ0) is 2.71. The van der Waals surface area contributed by atoms with Gasteiger partial charge < -0.3 is 0 Å². The van der Waals surface area contributed by atoms with Gasteiger partial charge in [-0.3, -0.25) is 0 Å². The van der Waals surface area contributed by atoms with Gasteiger partial charge in [-0.05, 0) is 0 Å². The first-order valence-electron chi connectivity index (χ1n) is 0.724. The molecule has 0 rings (SSSR count). The maximum absolute atomic E-state index is 7.32. The summed E-state index contributed by atoms with van der Waals surface area (Å²) in [5.41, 5.74) is 0. The van der Waals surface area contributed by atoms with Crippen molar-refractivity contribution in [3.8, 4) is 6.07 Å². The monoisotopic (exact) mass is 233 g/mol. The van der Waals surface area contributed by atoms with Crippen LogP contribution < -0.4 is 0 Å². The Balaban J connectivity index is 0. The third kappa shape index (κ3) is 169. The van der Waals surface area contributed by atoms with Gasteiger partial charge in [0.15, 0.2) is 0 Å². The van der Waals surface area contributed by atoms with E-state index in [1.54, 1.807) is 6.07 Å². The van der Waals surface area contributed by atoms with Crippen molar-refractivity contribution in [2.75, 3.05) is 0 Å². The Bertz CT molecular complexity index is 27.5. The van der Waals surface area contributed by atoms with Gasteiger partial charge in [0, 0.05) is 26.7 Å². The Morgan fingerprint density at radius 2 is 1.75 bits per heavy atom. The molecule has 0 aliphatic rings. The summed E-state index contributed by atoms with van der Waals surface area (Å²) in [6.45, 7) is 1.43. The number of hydrogen-bond donors (Lipinski definition) is 0. The average molecular weight is 231 g/mol. The predicted octanol–water partition coefficient (Wildman–Crippen LogP) is 0.527. The maximum Gasteiger partial charge on any atom is 0.0587 e. The maximum atomic E-state index is 7.32. The van der Waals surface area contributed by atoms with E-state index in [0.29, 0.717) is 0 Å². The molecule has 0 heterocycles. The summed E-state index contributed by atoms with van der Waals surface area (Å²) in [5, 5.41) is 7.32. The van der Waals surface area contributed by atoms with Gasteiger partial charge in [0.2, 0.25) is 0 Å². The largest absolute Gasteiger partial charge is 0.199 e. The van der Waals surface area contributed by atoms with Gasteiger partial charge in [0.1, 0.15) is 0 Å². The van der Waals surface area contributed by atoms with E-state index in [-0.39, 0.29) is 19.8 Å². The van der Waals surface area contributed by atoms with Crippen molar-refractivity contribution in [2.45, 2.75) is 6.92 Å². The quantitative estimate of drug-likeness (QED) is 0.596. The molecule has 0 aromatic heterocycles. The van der Waals surface area contributed by atoms with E-state index in [1.807, 2.05) is 0 Å². The fourth-order valence-electron chi connectivity index (χ4n) is 0. The van der Waals surface area contributed by atoms with E-state index in [4.69, 9.17) is 5.26 Å². The van der Waals surface area contributed by atoms with Crippen LogP contribution in [0.5, 0.6) is 0 Å². The van der Waals surface area contributed by atoms with Crippen molar-refractivity contribution in [2.24, 2.45) is 0 Å². The molecule has 0 bridgehead atoms. The van der Waals surface area contributed by atoms with Crippen LogP contribution in [-0.2, 0) is 19.8 Å². The number of nitriles is 1. The fraction of sp³-hybridized carbons (Fsp3) is 0.500. The van der Waals surface area contributed by atoms with E-state index < -0.39 is 0 Å². The van der Waals surface area contributed by atoms with E-state index in [1.165, 1.54) is 6.92 Å². The summed E-state index contributed by atoms with van der Waals surface area (Å²) in [6.07, 6.45) is 0. The fourth-order valence-corrected chi connectivity index (χ4v) is 0. The molecule has 2 heteroatoms. The summed E-state index contributed by atoms with van der Waals surface area (Å²) in [6, 6.07) is 1.75. The van der Waals surface area contributed by atoms with Crippen molar-refractivity contribution in [3.63, 3.8) is 0 Å². The van der Waals surface area contributed by atoms with E-state index in [2.05, 4.69) is 0 Å². The van der Waals surface area contributed by atoms with Crippen LogP contribution in [0.15, 0.2) is 0 Å². The molecule has 0 aliphatic carbocycles. The van der Waals surface area contributed by atoms with Crippen LogP contribution in [0.2, 0.25) is 0 Å². The van der Waals surface area contributed by atoms with Crippen LogP contribution in [-0.4, -0.2) is 0 Å². The number of rotatable bonds is 0. The van der Waals surface area contributed by atoms with Gasteiger partial charge in [-0.25, -0.2) is 0 Å². The smallest absolute Gasteiger partial charge is 0.0587 e. The second-order valence-electron chi connectivity index (χ2n) is 0.224. The summed E-state index contributed by atoms with van der Waals surface area (Å²) in [7, 11) is 0. The van der Waals surface area contributed by atoms with Crippen LogP contribution in [0.25, 0.3) is 0 Å². The second kappa shape index (κ2) is 11.1. The molecule has 0 saturated heterocycles.